The molecule has 1 unspecified atom stereocenters. The number of anilines is 1. The Morgan fingerprint density at radius 2 is 1.97 bits per heavy atom. The van der Waals surface area contributed by atoms with E-state index >= 15 is 0 Å². The first-order chi connectivity index (χ1) is 17.2. The van der Waals surface area contributed by atoms with Crippen LogP contribution in [0.3, 0.4) is 0 Å². The normalized spacial score (nSPS) is 15.1. The Morgan fingerprint density at radius 1 is 1.11 bits per heavy atom. The van der Waals surface area contributed by atoms with Gasteiger partial charge in [-0.25, -0.2) is 0 Å². The number of carbonyl (C=O) groups excluding carboxylic acids is 1. The number of hydrogen-bond acceptors (Lipinski definition) is 5. The van der Waals surface area contributed by atoms with Crippen molar-refractivity contribution in [1.82, 2.24) is 10.3 Å². The second kappa shape index (κ2) is 11.0. The van der Waals surface area contributed by atoms with Crippen molar-refractivity contribution in [2.75, 3.05) is 25.0 Å². The van der Waals surface area contributed by atoms with E-state index in [-0.39, 0.29) is 5.91 Å². The predicted octanol–water partition coefficient (Wildman–Crippen LogP) is 6.41. The lowest BCUT2D eigenvalue weighted by Crippen LogP contribution is -2.31. The number of fused-ring (bicyclic) bond motifs is 1. The molecule has 3 heterocycles. The Hall–Kier alpha value is -3.22. The molecular weight excluding hydrogens is 454 g/mol. The van der Waals surface area contributed by atoms with Gasteiger partial charge in [-0.3, -0.25) is 9.78 Å². The number of thiophene rings is 1. The molecule has 6 heteroatoms. The zero-order valence-electron chi connectivity index (χ0n) is 20.0. The Morgan fingerprint density at radius 3 is 2.80 bits per heavy atom. The molecular formula is C29H31N3O2S. The van der Waals surface area contributed by atoms with E-state index in [4.69, 9.17) is 4.74 Å². The van der Waals surface area contributed by atoms with Gasteiger partial charge in [0, 0.05) is 16.8 Å². The van der Waals surface area contributed by atoms with Gasteiger partial charge in [-0.1, -0.05) is 24.3 Å². The number of ether oxygens (including phenoxy) is 1. The molecule has 2 aromatic heterocycles. The molecule has 2 aromatic carbocycles. The highest BCUT2D eigenvalue weighted by molar-refractivity contribution is 7.12. The van der Waals surface area contributed by atoms with Crippen LogP contribution in [0.5, 0.6) is 5.75 Å². The molecule has 1 amide bonds. The minimum atomic E-state index is -0.0568. The quantitative estimate of drug-likeness (QED) is 0.303. The predicted molar refractivity (Wildman–Crippen MR) is 144 cm³/mol. The fraction of sp³-hybridized carbons (Fsp3) is 0.310. The molecule has 1 aliphatic heterocycles. The molecule has 1 fully saturated rings. The van der Waals surface area contributed by atoms with E-state index < -0.39 is 0 Å². The third kappa shape index (κ3) is 5.72. The standard InChI is InChI=1S/C29H31N3O2S/c1-20-10-11-25-26(31-20)7-3-8-27(25)34-17-14-24(21-12-15-30-16-13-21)22-5-2-6-23(19-22)32-29(33)28-9-4-18-35-28/h2-11,18-19,21,24,30H,12-17H2,1H3,(H,32,33). The van der Waals surface area contributed by atoms with Crippen LogP contribution in [0.2, 0.25) is 0 Å². The average molecular weight is 486 g/mol. The highest BCUT2D eigenvalue weighted by Crippen LogP contribution is 2.35. The number of aromatic nitrogens is 1. The van der Waals surface area contributed by atoms with Gasteiger partial charge in [0.2, 0.25) is 0 Å². The number of amides is 1. The van der Waals surface area contributed by atoms with Gasteiger partial charge in [-0.2, -0.15) is 0 Å². The maximum Gasteiger partial charge on any atom is 0.265 e. The van der Waals surface area contributed by atoms with Crippen LogP contribution in [0.4, 0.5) is 5.69 Å². The van der Waals surface area contributed by atoms with Gasteiger partial charge >= 0.3 is 0 Å². The number of piperidine rings is 1. The van der Waals surface area contributed by atoms with Crippen molar-refractivity contribution in [3.8, 4) is 5.75 Å². The summed E-state index contributed by atoms with van der Waals surface area (Å²) in [6, 6.07) is 22.3. The number of benzene rings is 2. The lowest BCUT2D eigenvalue weighted by molar-refractivity contribution is 0.103. The van der Waals surface area contributed by atoms with E-state index in [0.717, 1.165) is 65.3 Å². The molecule has 1 aliphatic rings. The SMILES string of the molecule is Cc1ccc2c(OCCC(c3cccc(NC(=O)c4cccs4)c3)C3CCNCC3)cccc2n1. The highest BCUT2D eigenvalue weighted by atomic mass is 32.1. The van der Waals surface area contributed by atoms with E-state index in [9.17, 15) is 4.79 Å². The van der Waals surface area contributed by atoms with E-state index in [0.29, 0.717) is 18.4 Å². The van der Waals surface area contributed by atoms with Crippen molar-refractivity contribution in [3.05, 3.63) is 88.2 Å². The third-order valence-electron chi connectivity index (χ3n) is 6.79. The molecule has 4 aromatic rings. The number of nitrogens with zero attached hydrogens (tertiary/aromatic N) is 1. The van der Waals surface area contributed by atoms with Gasteiger partial charge in [0.15, 0.2) is 0 Å². The van der Waals surface area contributed by atoms with Crippen molar-refractivity contribution in [2.45, 2.75) is 32.1 Å². The number of carbonyl (C=O) groups is 1. The van der Waals surface area contributed by atoms with E-state index in [1.165, 1.54) is 16.9 Å². The monoisotopic (exact) mass is 485 g/mol. The maximum absolute atomic E-state index is 12.6. The zero-order chi connectivity index (χ0) is 24.0. The molecule has 0 radical (unpaired) electrons. The smallest absolute Gasteiger partial charge is 0.265 e. The first-order valence-electron chi connectivity index (χ1n) is 12.3. The van der Waals surface area contributed by atoms with Gasteiger partial charge in [-0.15, -0.1) is 11.3 Å². The molecule has 0 bridgehead atoms. The molecule has 5 rings (SSSR count). The lowest BCUT2D eigenvalue weighted by atomic mass is 9.78. The molecule has 180 valence electrons. The average Bonchev–Trinajstić information content (AvgIpc) is 3.43. The Labute approximate surface area is 210 Å². The summed E-state index contributed by atoms with van der Waals surface area (Å²) < 4.78 is 6.32. The van der Waals surface area contributed by atoms with Crippen LogP contribution in [0.1, 0.15) is 46.1 Å². The summed E-state index contributed by atoms with van der Waals surface area (Å²) >= 11 is 1.45. The first kappa shape index (κ1) is 23.5. The highest BCUT2D eigenvalue weighted by Gasteiger charge is 2.25. The van der Waals surface area contributed by atoms with Gasteiger partial charge in [-0.05, 0) is 105 Å². The minimum Gasteiger partial charge on any atom is -0.493 e. The summed E-state index contributed by atoms with van der Waals surface area (Å²) in [5.41, 5.74) is 4.08. The Balaban J connectivity index is 1.32. The van der Waals surface area contributed by atoms with E-state index in [1.807, 2.05) is 60.8 Å². The Kier molecular flexibility index (Phi) is 7.40. The third-order valence-corrected chi connectivity index (χ3v) is 7.66. The fourth-order valence-corrected chi connectivity index (χ4v) is 5.64. The molecule has 35 heavy (non-hydrogen) atoms. The topological polar surface area (TPSA) is 63.2 Å². The number of aryl methyl sites for hydroxylation is 1. The van der Waals surface area contributed by atoms with Crippen LogP contribution in [-0.2, 0) is 0 Å². The molecule has 2 N–H and O–H groups in total. The van der Waals surface area contributed by atoms with Crippen LogP contribution >= 0.6 is 11.3 Å². The number of pyridine rings is 1. The van der Waals surface area contributed by atoms with Crippen LogP contribution in [0, 0.1) is 12.8 Å². The number of nitrogens with one attached hydrogen (secondary N) is 2. The molecule has 1 saturated heterocycles. The summed E-state index contributed by atoms with van der Waals surface area (Å²) in [5, 5.41) is 9.53. The van der Waals surface area contributed by atoms with Crippen molar-refractivity contribution in [2.24, 2.45) is 5.92 Å². The maximum atomic E-state index is 12.6. The minimum absolute atomic E-state index is 0.0568. The molecule has 0 spiro atoms. The largest absolute Gasteiger partial charge is 0.493 e. The van der Waals surface area contributed by atoms with E-state index in [2.05, 4.69) is 33.8 Å². The molecule has 1 atom stereocenters. The van der Waals surface area contributed by atoms with Gasteiger partial charge in [0.1, 0.15) is 5.75 Å². The zero-order valence-corrected chi connectivity index (χ0v) is 20.8. The summed E-state index contributed by atoms with van der Waals surface area (Å²) in [7, 11) is 0. The van der Waals surface area contributed by atoms with Crippen LogP contribution < -0.4 is 15.4 Å². The molecule has 5 nitrogen and oxygen atoms in total. The second-order valence-electron chi connectivity index (χ2n) is 9.16. The van der Waals surface area contributed by atoms with Crippen molar-refractivity contribution in [1.29, 1.82) is 0 Å². The summed E-state index contributed by atoms with van der Waals surface area (Å²) in [6.45, 7) is 4.73. The van der Waals surface area contributed by atoms with Crippen LogP contribution in [-0.4, -0.2) is 30.6 Å². The number of rotatable bonds is 8. The molecule has 0 saturated carbocycles. The van der Waals surface area contributed by atoms with E-state index in [1.54, 1.807) is 0 Å². The van der Waals surface area contributed by atoms with Gasteiger partial charge in [0.05, 0.1) is 17.0 Å². The Bertz CT molecular complexity index is 1280. The summed E-state index contributed by atoms with van der Waals surface area (Å²) in [5.74, 6) is 1.78. The molecule has 0 aliphatic carbocycles. The fourth-order valence-electron chi connectivity index (χ4n) is 5.02. The lowest BCUT2D eigenvalue weighted by Gasteiger charge is -2.31. The van der Waals surface area contributed by atoms with Crippen molar-refractivity contribution >= 4 is 33.8 Å². The van der Waals surface area contributed by atoms with Crippen molar-refractivity contribution < 1.29 is 9.53 Å². The summed E-state index contributed by atoms with van der Waals surface area (Å²) in [6.07, 6.45) is 3.21. The summed E-state index contributed by atoms with van der Waals surface area (Å²) in [4.78, 5) is 17.9. The van der Waals surface area contributed by atoms with Crippen molar-refractivity contribution in [3.63, 3.8) is 0 Å². The second-order valence-corrected chi connectivity index (χ2v) is 10.1. The number of hydrogen-bond donors (Lipinski definition) is 2. The van der Waals surface area contributed by atoms with Gasteiger partial charge < -0.3 is 15.4 Å². The van der Waals surface area contributed by atoms with Crippen LogP contribution in [0.15, 0.2) is 72.1 Å². The van der Waals surface area contributed by atoms with Crippen LogP contribution in [0.25, 0.3) is 10.9 Å². The van der Waals surface area contributed by atoms with Gasteiger partial charge in [0.25, 0.3) is 5.91 Å². The first-order valence-corrected chi connectivity index (χ1v) is 13.2.